The molecule has 9 heteroatoms. The second-order valence-corrected chi connectivity index (χ2v) is 8.18. The van der Waals surface area contributed by atoms with E-state index in [4.69, 9.17) is 4.42 Å². The SMILES string of the molecule is O=c1c2cc(I)ccc2nc(/C=C/c2ccc([N+](=O)[O-])o2)n1-c1ccc(Br)cc1. The van der Waals surface area contributed by atoms with Gasteiger partial charge in [-0.1, -0.05) is 15.9 Å². The Balaban J connectivity index is 1.91. The van der Waals surface area contributed by atoms with Gasteiger partial charge in [-0.25, -0.2) is 4.98 Å². The van der Waals surface area contributed by atoms with Gasteiger partial charge in [0.15, 0.2) is 0 Å². The summed E-state index contributed by atoms with van der Waals surface area (Å²) in [6, 6.07) is 15.5. The van der Waals surface area contributed by atoms with Gasteiger partial charge in [-0.15, -0.1) is 0 Å². The van der Waals surface area contributed by atoms with E-state index in [9.17, 15) is 14.9 Å². The highest BCUT2D eigenvalue weighted by atomic mass is 127. The molecular formula is C20H11BrIN3O4. The van der Waals surface area contributed by atoms with Gasteiger partial charge in [0.2, 0.25) is 0 Å². The van der Waals surface area contributed by atoms with Gasteiger partial charge in [-0.3, -0.25) is 19.5 Å². The molecule has 0 unspecified atom stereocenters. The molecule has 0 bridgehead atoms. The van der Waals surface area contributed by atoms with Crippen LogP contribution in [0.3, 0.4) is 0 Å². The Hall–Kier alpha value is -2.79. The highest BCUT2D eigenvalue weighted by molar-refractivity contribution is 14.1. The Kier molecular flexibility index (Phi) is 5.33. The van der Waals surface area contributed by atoms with Gasteiger partial charge in [0.25, 0.3) is 5.56 Å². The Morgan fingerprint density at radius 2 is 1.86 bits per heavy atom. The predicted octanol–water partition coefficient (Wildman–Crippen LogP) is 5.42. The minimum atomic E-state index is -0.606. The maximum atomic E-state index is 13.3. The first-order chi connectivity index (χ1) is 13.9. The normalized spacial score (nSPS) is 11.4. The lowest BCUT2D eigenvalue weighted by atomic mass is 10.2. The Morgan fingerprint density at radius 3 is 2.55 bits per heavy atom. The summed E-state index contributed by atoms with van der Waals surface area (Å²) in [7, 11) is 0. The summed E-state index contributed by atoms with van der Waals surface area (Å²) in [5.74, 6) is 0.317. The van der Waals surface area contributed by atoms with Crippen LogP contribution in [-0.2, 0) is 0 Å². The highest BCUT2D eigenvalue weighted by Gasteiger charge is 2.13. The van der Waals surface area contributed by atoms with E-state index in [2.05, 4.69) is 43.5 Å². The molecule has 4 aromatic rings. The summed E-state index contributed by atoms with van der Waals surface area (Å²) in [5.41, 5.74) is 1.01. The Morgan fingerprint density at radius 1 is 1.10 bits per heavy atom. The van der Waals surface area contributed by atoms with Crippen LogP contribution < -0.4 is 5.56 Å². The monoisotopic (exact) mass is 563 g/mol. The van der Waals surface area contributed by atoms with Crippen molar-refractivity contribution in [2.24, 2.45) is 0 Å². The number of benzene rings is 2. The molecule has 0 aliphatic heterocycles. The molecule has 0 N–H and O–H groups in total. The van der Waals surface area contributed by atoms with Crippen molar-refractivity contribution in [2.45, 2.75) is 0 Å². The van der Waals surface area contributed by atoms with Crippen molar-refractivity contribution in [3.8, 4) is 5.69 Å². The highest BCUT2D eigenvalue weighted by Crippen LogP contribution is 2.21. The van der Waals surface area contributed by atoms with E-state index in [1.54, 1.807) is 24.3 Å². The molecule has 0 fully saturated rings. The first kappa shape index (κ1) is 19.5. The second kappa shape index (κ2) is 7.91. The maximum Gasteiger partial charge on any atom is 0.433 e. The number of rotatable bonds is 4. The van der Waals surface area contributed by atoms with Crippen LogP contribution in [0.2, 0.25) is 0 Å². The molecule has 2 heterocycles. The van der Waals surface area contributed by atoms with Gasteiger partial charge >= 0.3 is 5.88 Å². The zero-order valence-corrected chi connectivity index (χ0v) is 18.3. The number of nitrogens with zero attached hydrogens (tertiary/aromatic N) is 3. The molecule has 0 saturated carbocycles. The molecule has 7 nitrogen and oxygen atoms in total. The minimum absolute atomic E-state index is 0.207. The van der Waals surface area contributed by atoms with Crippen LogP contribution in [0.5, 0.6) is 0 Å². The fourth-order valence-electron chi connectivity index (χ4n) is 2.81. The minimum Gasteiger partial charge on any atom is -0.401 e. The van der Waals surface area contributed by atoms with Crippen LogP contribution in [0, 0.1) is 13.7 Å². The lowest BCUT2D eigenvalue weighted by Gasteiger charge is -2.11. The molecule has 0 spiro atoms. The van der Waals surface area contributed by atoms with Crippen molar-refractivity contribution in [3.63, 3.8) is 0 Å². The second-order valence-electron chi connectivity index (χ2n) is 6.01. The summed E-state index contributed by atoms with van der Waals surface area (Å²) in [6.07, 6.45) is 3.14. The van der Waals surface area contributed by atoms with Crippen LogP contribution >= 0.6 is 38.5 Å². The standard InChI is InChI=1S/C20H11BrIN3O4/c21-12-1-4-14(5-2-12)24-18(9-6-15-7-10-19(29-15)25(27)28)23-17-8-3-13(22)11-16(17)20(24)26/h1-11H/b9-6+. The van der Waals surface area contributed by atoms with Crippen molar-refractivity contribution in [1.29, 1.82) is 0 Å². The topological polar surface area (TPSA) is 91.2 Å². The average Bonchev–Trinajstić information content (AvgIpc) is 3.17. The van der Waals surface area contributed by atoms with Gasteiger partial charge in [-0.2, -0.15) is 0 Å². The van der Waals surface area contributed by atoms with Crippen molar-refractivity contribution < 1.29 is 9.34 Å². The first-order valence-electron chi connectivity index (χ1n) is 8.33. The molecule has 0 aliphatic carbocycles. The number of furan rings is 1. The summed E-state index contributed by atoms with van der Waals surface area (Å²) >= 11 is 5.55. The van der Waals surface area contributed by atoms with Crippen LogP contribution in [0.4, 0.5) is 5.88 Å². The van der Waals surface area contributed by atoms with E-state index in [0.717, 1.165) is 8.04 Å². The van der Waals surface area contributed by atoms with Crippen molar-refractivity contribution in [2.75, 3.05) is 0 Å². The summed E-state index contributed by atoms with van der Waals surface area (Å²) in [5, 5.41) is 11.3. The zero-order valence-electron chi connectivity index (χ0n) is 14.6. The van der Waals surface area contributed by atoms with Gasteiger partial charge in [-0.05, 0) is 83.3 Å². The average molecular weight is 564 g/mol. The van der Waals surface area contributed by atoms with Gasteiger partial charge < -0.3 is 4.42 Å². The molecule has 2 aromatic heterocycles. The van der Waals surface area contributed by atoms with Crippen molar-refractivity contribution in [3.05, 3.63) is 94.7 Å². The van der Waals surface area contributed by atoms with Crippen molar-refractivity contribution in [1.82, 2.24) is 9.55 Å². The molecule has 144 valence electrons. The molecular weight excluding hydrogens is 553 g/mol. The predicted molar refractivity (Wildman–Crippen MR) is 122 cm³/mol. The summed E-state index contributed by atoms with van der Waals surface area (Å²) in [6.45, 7) is 0. The van der Waals surface area contributed by atoms with E-state index < -0.39 is 4.92 Å². The largest absolute Gasteiger partial charge is 0.433 e. The third-order valence-electron chi connectivity index (χ3n) is 4.13. The molecule has 0 atom stereocenters. The Bertz CT molecular complexity index is 1330. The smallest absolute Gasteiger partial charge is 0.401 e. The Labute approximate surface area is 186 Å². The van der Waals surface area contributed by atoms with E-state index in [-0.39, 0.29) is 17.2 Å². The van der Waals surface area contributed by atoms with E-state index in [0.29, 0.717) is 22.4 Å². The summed E-state index contributed by atoms with van der Waals surface area (Å²) < 4.78 is 8.47. The number of nitro groups is 1. The van der Waals surface area contributed by atoms with Gasteiger partial charge in [0.1, 0.15) is 16.5 Å². The number of hydrogen-bond donors (Lipinski definition) is 0. The molecule has 0 radical (unpaired) electrons. The van der Waals surface area contributed by atoms with E-state index >= 15 is 0 Å². The number of aromatic nitrogens is 2. The maximum absolute atomic E-state index is 13.3. The quantitative estimate of drug-likeness (QED) is 0.188. The number of fused-ring (bicyclic) bond motifs is 1. The third-order valence-corrected chi connectivity index (χ3v) is 5.33. The molecule has 29 heavy (non-hydrogen) atoms. The van der Waals surface area contributed by atoms with E-state index in [1.807, 2.05) is 30.3 Å². The van der Waals surface area contributed by atoms with E-state index in [1.165, 1.54) is 16.7 Å². The molecule has 2 aromatic carbocycles. The summed E-state index contributed by atoms with van der Waals surface area (Å²) in [4.78, 5) is 28.1. The van der Waals surface area contributed by atoms with Gasteiger partial charge in [0, 0.05) is 8.04 Å². The first-order valence-corrected chi connectivity index (χ1v) is 10.2. The number of hydrogen-bond acceptors (Lipinski definition) is 5. The lowest BCUT2D eigenvalue weighted by Crippen LogP contribution is -2.22. The zero-order chi connectivity index (χ0) is 20.5. The fourth-order valence-corrected chi connectivity index (χ4v) is 3.57. The van der Waals surface area contributed by atoms with Gasteiger partial charge in [0.05, 0.1) is 22.7 Å². The van der Waals surface area contributed by atoms with Crippen LogP contribution in [0.25, 0.3) is 28.7 Å². The number of halogens is 2. The molecule has 0 aliphatic rings. The van der Waals surface area contributed by atoms with Crippen molar-refractivity contribution >= 4 is 67.5 Å². The molecule has 0 saturated heterocycles. The van der Waals surface area contributed by atoms with Crippen LogP contribution in [0.1, 0.15) is 11.6 Å². The fraction of sp³-hybridized carbons (Fsp3) is 0. The molecule has 4 rings (SSSR count). The third kappa shape index (κ3) is 4.01. The van der Waals surface area contributed by atoms with Crippen LogP contribution in [-0.4, -0.2) is 14.5 Å². The molecule has 0 amide bonds. The van der Waals surface area contributed by atoms with Crippen LogP contribution in [0.15, 0.2) is 68.3 Å². The lowest BCUT2D eigenvalue weighted by molar-refractivity contribution is -0.402.